The van der Waals surface area contributed by atoms with Gasteiger partial charge in [-0.25, -0.2) is 0 Å². The van der Waals surface area contributed by atoms with E-state index in [2.05, 4.69) is 10.1 Å². The smallest absolute Gasteiger partial charge is 0.342 e. The first kappa shape index (κ1) is 17.2. The third-order valence-corrected chi connectivity index (χ3v) is 4.83. The Morgan fingerprint density at radius 2 is 2.08 bits per heavy atom. The molecule has 1 aromatic rings. The van der Waals surface area contributed by atoms with Crippen LogP contribution in [-0.2, 0) is 17.5 Å². The van der Waals surface area contributed by atoms with Crippen molar-refractivity contribution in [3.63, 3.8) is 0 Å². The molecule has 0 bridgehead atoms. The first-order chi connectivity index (χ1) is 11.3. The maximum absolute atomic E-state index is 12.8. The van der Waals surface area contributed by atoms with Crippen molar-refractivity contribution in [2.75, 3.05) is 26.2 Å². The molecule has 1 atom stereocenters. The minimum Gasteiger partial charge on any atom is -0.342 e. The molecule has 0 aromatic carbocycles. The largest absolute Gasteiger partial charge is 0.455 e. The molecule has 1 amide bonds. The van der Waals surface area contributed by atoms with Crippen LogP contribution >= 0.6 is 0 Å². The Balaban J connectivity index is 1.64. The SMILES string of the molecule is CCCN1CCCC2(CCN(Cc3nc(C(F)(F)F)no3)C2)C1=O. The highest BCUT2D eigenvalue weighted by atomic mass is 19.4. The van der Waals surface area contributed by atoms with Crippen LogP contribution in [0.4, 0.5) is 13.2 Å². The zero-order valence-corrected chi connectivity index (χ0v) is 13.6. The lowest BCUT2D eigenvalue weighted by molar-refractivity contribution is -0.146. The highest BCUT2D eigenvalue weighted by Crippen LogP contribution is 2.40. The van der Waals surface area contributed by atoms with E-state index in [9.17, 15) is 18.0 Å². The van der Waals surface area contributed by atoms with Crippen LogP contribution < -0.4 is 0 Å². The molecule has 3 rings (SSSR count). The highest BCUT2D eigenvalue weighted by Gasteiger charge is 2.48. The number of rotatable bonds is 4. The van der Waals surface area contributed by atoms with Gasteiger partial charge in [0.15, 0.2) is 0 Å². The number of hydrogen-bond acceptors (Lipinski definition) is 5. The summed E-state index contributed by atoms with van der Waals surface area (Å²) in [7, 11) is 0. The molecule has 0 radical (unpaired) electrons. The van der Waals surface area contributed by atoms with E-state index in [0.717, 1.165) is 38.8 Å². The lowest BCUT2D eigenvalue weighted by Gasteiger charge is -2.39. The Morgan fingerprint density at radius 1 is 1.29 bits per heavy atom. The number of amides is 1. The molecule has 1 spiro atoms. The third kappa shape index (κ3) is 3.26. The van der Waals surface area contributed by atoms with E-state index >= 15 is 0 Å². The maximum Gasteiger partial charge on any atom is 0.455 e. The minimum atomic E-state index is -4.60. The molecule has 2 aliphatic heterocycles. The van der Waals surface area contributed by atoms with E-state index in [4.69, 9.17) is 4.52 Å². The van der Waals surface area contributed by atoms with Gasteiger partial charge in [0.1, 0.15) is 0 Å². The van der Waals surface area contributed by atoms with Gasteiger partial charge in [0.05, 0.1) is 12.0 Å². The van der Waals surface area contributed by atoms with Gasteiger partial charge in [-0.1, -0.05) is 12.1 Å². The standard InChI is InChI=1S/C15H21F3N4O2/c1-2-6-22-7-3-4-14(13(22)23)5-8-21(10-14)9-11-19-12(20-24-11)15(16,17)18/h2-10H2,1H3. The number of aromatic nitrogens is 2. The fraction of sp³-hybridized carbons (Fsp3) is 0.800. The molecule has 0 N–H and O–H groups in total. The van der Waals surface area contributed by atoms with Gasteiger partial charge in [-0.05, 0) is 32.2 Å². The molecule has 1 unspecified atom stereocenters. The first-order valence-electron chi connectivity index (χ1n) is 8.25. The zero-order chi connectivity index (χ0) is 17.4. The summed E-state index contributed by atoms with van der Waals surface area (Å²) in [6, 6.07) is 0. The molecule has 2 saturated heterocycles. The van der Waals surface area contributed by atoms with Crippen molar-refractivity contribution in [3.05, 3.63) is 11.7 Å². The van der Waals surface area contributed by atoms with E-state index < -0.39 is 17.4 Å². The Kier molecular flexibility index (Phi) is 4.54. The topological polar surface area (TPSA) is 62.5 Å². The Bertz CT molecular complexity index is 602. The fourth-order valence-electron chi connectivity index (χ4n) is 3.73. The predicted molar refractivity (Wildman–Crippen MR) is 77.7 cm³/mol. The molecule has 3 heterocycles. The van der Waals surface area contributed by atoms with E-state index in [0.29, 0.717) is 13.1 Å². The van der Waals surface area contributed by atoms with Gasteiger partial charge in [0.2, 0.25) is 11.8 Å². The number of halogens is 3. The molecule has 2 fully saturated rings. The summed E-state index contributed by atoms with van der Waals surface area (Å²) >= 11 is 0. The van der Waals surface area contributed by atoms with Gasteiger partial charge in [0.25, 0.3) is 5.82 Å². The molecule has 1 aromatic heterocycles. The molecule has 9 heteroatoms. The first-order valence-corrected chi connectivity index (χ1v) is 8.25. The molecule has 6 nitrogen and oxygen atoms in total. The molecular weight excluding hydrogens is 325 g/mol. The van der Waals surface area contributed by atoms with Crippen LogP contribution in [0.5, 0.6) is 0 Å². The van der Waals surface area contributed by atoms with E-state index in [1.807, 2.05) is 16.7 Å². The van der Waals surface area contributed by atoms with E-state index in [-0.39, 0.29) is 18.3 Å². The summed E-state index contributed by atoms with van der Waals surface area (Å²) in [5, 5.41) is 2.97. The van der Waals surface area contributed by atoms with Crippen LogP contribution in [0.3, 0.4) is 0 Å². The summed E-state index contributed by atoms with van der Waals surface area (Å²) in [5.41, 5.74) is -0.402. The Morgan fingerprint density at radius 3 is 2.75 bits per heavy atom. The summed E-state index contributed by atoms with van der Waals surface area (Å²) in [4.78, 5) is 20.0. The predicted octanol–water partition coefficient (Wildman–Crippen LogP) is 2.31. The van der Waals surface area contributed by atoms with Crippen molar-refractivity contribution in [1.82, 2.24) is 19.9 Å². The van der Waals surface area contributed by atoms with Crippen LogP contribution in [0.15, 0.2) is 4.52 Å². The number of nitrogens with zero attached hydrogens (tertiary/aromatic N) is 4. The van der Waals surface area contributed by atoms with Gasteiger partial charge in [0, 0.05) is 19.6 Å². The average molecular weight is 346 g/mol. The van der Waals surface area contributed by atoms with Crippen molar-refractivity contribution >= 4 is 5.91 Å². The summed E-state index contributed by atoms with van der Waals surface area (Å²) in [5.74, 6) is -1.14. The van der Waals surface area contributed by atoms with E-state index in [1.165, 1.54) is 0 Å². The Hall–Kier alpha value is -1.64. The molecule has 134 valence electrons. The summed E-state index contributed by atoms with van der Waals surface area (Å²) in [6.45, 7) is 4.94. The molecule has 0 aliphatic carbocycles. The minimum absolute atomic E-state index is 0.0620. The number of carbonyl (C=O) groups is 1. The average Bonchev–Trinajstić information content (AvgIpc) is 3.13. The number of piperidine rings is 1. The van der Waals surface area contributed by atoms with Crippen LogP contribution in [0.2, 0.25) is 0 Å². The number of likely N-dealkylation sites (tertiary alicyclic amines) is 2. The normalized spacial score (nSPS) is 25.8. The number of hydrogen-bond donors (Lipinski definition) is 0. The van der Waals surface area contributed by atoms with Gasteiger partial charge >= 0.3 is 6.18 Å². The van der Waals surface area contributed by atoms with Gasteiger partial charge in [-0.15, -0.1) is 0 Å². The van der Waals surface area contributed by atoms with Crippen molar-refractivity contribution in [2.45, 2.75) is 45.3 Å². The molecule has 2 aliphatic rings. The van der Waals surface area contributed by atoms with Crippen molar-refractivity contribution < 1.29 is 22.5 Å². The van der Waals surface area contributed by atoms with Crippen molar-refractivity contribution in [3.8, 4) is 0 Å². The van der Waals surface area contributed by atoms with Crippen molar-refractivity contribution in [1.29, 1.82) is 0 Å². The fourth-order valence-corrected chi connectivity index (χ4v) is 3.73. The highest BCUT2D eigenvalue weighted by molar-refractivity contribution is 5.84. The monoisotopic (exact) mass is 346 g/mol. The zero-order valence-electron chi connectivity index (χ0n) is 13.6. The Labute approximate surface area is 138 Å². The third-order valence-electron chi connectivity index (χ3n) is 4.83. The lowest BCUT2D eigenvalue weighted by atomic mass is 9.78. The van der Waals surface area contributed by atoms with E-state index in [1.54, 1.807) is 0 Å². The summed E-state index contributed by atoms with van der Waals surface area (Å²) < 4.78 is 42.3. The molecular formula is C15H21F3N4O2. The molecule has 24 heavy (non-hydrogen) atoms. The number of alkyl halides is 3. The van der Waals surface area contributed by atoms with Crippen LogP contribution in [0.25, 0.3) is 0 Å². The van der Waals surface area contributed by atoms with Crippen LogP contribution in [0, 0.1) is 5.41 Å². The summed E-state index contributed by atoms with van der Waals surface area (Å²) in [6.07, 6.45) is -1.15. The number of carbonyl (C=O) groups excluding carboxylic acids is 1. The van der Waals surface area contributed by atoms with Crippen LogP contribution in [0.1, 0.15) is 44.3 Å². The van der Waals surface area contributed by atoms with Crippen LogP contribution in [-0.4, -0.2) is 52.0 Å². The van der Waals surface area contributed by atoms with Gasteiger partial charge in [-0.2, -0.15) is 18.2 Å². The molecule has 0 saturated carbocycles. The van der Waals surface area contributed by atoms with Gasteiger partial charge in [-0.3, -0.25) is 9.69 Å². The van der Waals surface area contributed by atoms with Crippen molar-refractivity contribution in [2.24, 2.45) is 5.41 Å². The second kappa shape index (κ2) is 6.34. The second-order valence-electron chi connectivity index (χ2n) is 6.65. The van der Waals surface area contributed by atoms with Gasteiger partial charge < -0.3 is 9.42 Å². The lowest BCUT2D eigenvalue weighted by Crippen LogP contribution is -2.50. The quantitative estimate of drug-likeness (QED) is 0.837. The maximum atomic E-state index is 12.8. The second-order valence-corrected chi connectivity index (χ2v) is 6.65.